The zero-order valence-electron chi connectivity index (χ0n) is 13.4. The van der Waals surface area contributed by atoms with Crippen molar-refractivity contribution in [3.63, 3.8) is 0 Å². The molecule has 0 saturated carbocycles. The van der Waals surface area contributed by atoms with Crippen molar-refractivity contribution >= 4 is 0 Å². The number of hydrogen-bond donors (Lipinski definition) is 0. The molecule has 1 aliphatic rings. The summed E-state index contributed by atoms with van der Waals surface area (Å²) in [4.78, 5) is 0. The fourth-order valence-corrected chi connectivity index (χ4v) is 3.15. The van der Waals surface area contributed by atoms with E-state index in [-0.39, 0.29) is 5.60 Å². The lowest BCUT2D eigenvalue weighted by molar-refractivity contribution is -0.0190. The molecule has 0 spiro atoms. The molecule has 0 amide bonds. The van der Waals surface area contributed by atoms with Crippen LogP contribution in [0.2, 0.25) is 0 Å². The highest BCUT2D eigenvalue weighted by Crippen LogP contribution is 2.37. The van der Waals surface area contributed by atoms with E-state index >= 15 is 0 Å². The van der Waals surface area contributed by atoms with E-state index in [9.17, 15) is 0 Å². The van der Waals surface area contributed by atoms with Gasteiger partial charge in [-0.05, 0) is 51.2 Å². The maximum atomic E-state index is 6.34. The quantitative estimate of drug-likeness (QED) is 0.487. The summed E-state index contributed by atoms with van der Waals surface area (Å²) < 4.78 is 12.1. The van der Waals surface area contributed by atoms with Gasteiger partial charge in [0, 0.05) is 0 Å². The Morgan fingerprint density at radius 3 is 2.86 bits per heavy atom. The average molecular weight is 288 g/mol. The molecule has 2 rings (SSSR count). The second-order valence-corrected chi connectivity index (χ2v) is 5.90. The van der Waals surface area contributed by atoms with E-state index in [1.165, 1.54) is 19.3 Å². The van der Waals surface area contributed by atoms with Crippen molar-refractivity contribution in [1.29, 1.82) is 0 Å². The summed E-state index contributed by atoms with van der Waals surface area (Å²) in [6, 6.07) is 10.0. The normalized spacial score (nSPS) is 25.5. The molecule has 0 aromatic heterocycles. The monoisotopic (exact) mass is 288 g/mol. The smallest absolute Gasteiger partial charge is 0.119 e. The second-order valence-electron chi connectivity index (χ2n) is 5.90. The largest absolute Gasteiger partial charge is 0.494 e. The lowest BCUT2D eigenvalue weighted by atomic mass is 9.93. The molecule has 0 N–H and O–H groups in total. The maximum absolute atomic E-state index is 6.34. The Balaban J connectivity index is 1.78. The Kier molecular flexibility index (Phi) is 6.31. The molecule has 21 heavy (non-hydrogen) atoms. The SMILES string of the molecule is C/C=C/[C@]1(CCCOc2ccccc2)CC[C@@H](CCC)O1. The van der Waals surface area contributed by atoms with Crippen LogP contribution in [0.1, 0.15) is 52.4 Å². The molecule has 2 nitrogen and oxygen atoms in total. The number of rotatable bonds is 8. The molecule has 1 aromatic carbocycles. The third-order valence-corrected chi connectivity index (χ3v) is 4.13. The van der Waals surface area contributed by atoms with Crippen LogP contribution in [-0.4, -0.2) is 18.3 Å². The van der Waals surface area contributed by atoms with Crippen LogP contribution in [0.4, 0.5) is 0 Å². The lowest BCUT2D eigenvalue weighted by Gasteiger charge is -2.26. The van der Waals surface area contributed by atoms with Gasteiger partial charge < -0.3 is 9.47 Å². The average Bonchev–Trinajstić information content (AvgIpc) is 2.89. The summed E-state index contributed by atoms with van der Waals surface area (Å²) in [5.41, 5.74) is -0.0470. The molecule has 1 saturated heterocycles. The number of ether oxygens (including phenoxy) is 2. The zero-order chi connectivity index (χ0) is 15.0. The van der Waals surface area contributed by atoms with Gasteiger partial charge in [-0.2, -0.15) is 0 Å². The first kappa shape index (κ1) is 16.1. The van der Waals surface area contributed by atoms with Gasteiger partial charge in [0.2, 0.25) is 0 Å². The summed E-state index contributed by atoms with van der Waals surface area (Å²) in [6.45, 7) is 5.07. The van der Waals surface area contributed by atoms with Crippen molar-refractivity contribution in [2.75, 3.05) is 6.61 Å². The van der Waals surface area contributed by atoms with Gasteiger partial charge in [-0.1, -0.05) is 43.7 Å². The fraction of sp³-hybridized carbons (Fsp3) is 0.579. The Morgan fingerprint density at radius 1 is 1.33 bits per heavy atom. The molecule has 0 aliphatic carbocycles. The van der Waals surface area contributed by atoms with Crippen LogP contribution in [0.25, 0.3) is 0 Å². The predicted molar refractivity (Wildman–Crippen MR) is 87.7 cm³/mol. The summed E-state index contributed by atoms with van der Waals surface area (Å²) >= 11 is 0. The minimum atomic E-state index is -0.0470. The van der Waals surface area contributed by atoms with Gasteiger partial charge in [-0.15, -0.1) is 0 Å². The predicted octanol–water partition coefficient (Wildman–Crippen LogP) is 5.14. The van der Waals surface area contributed by atoms with Crippen molar-refractivity contribution < 1.29 is 9.47 Å². The Morgan fingerprint density at radius 2 is 2.14 bits per heavy atom. The molecule has 0 bridgehead atoms. The Bertz CT molecular complexity index is 426. The Hall–Kier alpha value is -1.28. The fourth-order valence-electron chi connectivity index (χ4n) is 3.15. The summed E-state index contributed by atoms with van der Waals surface area (Å²) in [5.74, 6) is 0.953. The molecule has 0 unspecified atom stereocenters. The van der Waals surface area contributed by atoms with Crippen molar-refractivity contribution in [3.8, 4) is 5.75 Å². The molecule has 2 heteroatoms. The molecule has 1 fully saturated rings. The number of benzene rings is 1. The minimum absolute atomic E-state index is 0.0470. The van der Waals surface area contributed by atoms with E-state index in [1.807, 2.05) is 30.3 Å². The van der Waals surface area contributed by atoms with E-state index < -0.39 is 0 Å². The number of para-hydroxylation sites is 1. The molecular weight excluding hydrogens is 260 g/mol. The first-order valence-corrected chi connectivity index (χ1v) is 8.27. The van der Waals surface area contributed by atoms with Crippen LogP contribution in [0.3, 0.4) is 0 Å². The van der Waals surface area contributed by atoms with Crippen molar-refractivity contribution in [2.24, 2.45) is 0 Å². The second kappa shape index (κ2) is 8.23. The van der Waals surface area contributed by atoms with Crippen molar-refractivity contribution in [3.05, 3.63) is 42.5 Å². The van der Waals surface area contributed by atoms with E-state index in [2.05, 4.69) is 26.0 Å². The van der Waals surface area contributed by atoms with Gasteiger partial charge in [0.1, 0.15) is 5.75 Å². The van der Waals surface area contributed by atoms with Crippen LogP contribution in [0.5, 0.6) is 5.75 Å². The van der Waals surface area contributed by atoms with Crippen LogP contribution in [-0.2, 0) is 4.74 Å². The van der Waals surface area contributed by atoms with Gasteiger partial charge in [-0.25, -0.2) is 0 Å². The molecule has 0 radical (unpaired) electrons. The molecular formula is C19H28O2. The van der Waals surface area contributed by atoms with Gasteiger partial charge in [0.05, 0.1) is 18.3 Å². The highest BCUT2D eigenvalue weighted by molar-refractivity contribution is 5.20. The summed E-state index contributed by atoms with van der Waals surface area (Å²) in [6.07, 6.45) is 11.6. The van der Waals surface area contributed by atoms with Crippen molar-refractivity contribution in [1.82, 2.24) is 0 Å². The number of hydrogen-bond acceptors (Lipinski definition) is 2. The van der Waals surface area contributed by atoms with Gasteiger partial charge in [-0.3, -0.25) is 0 Å². The van der Waals surface area contributed by atoms with Crippen LogP contribution >= 0.6 is 0 Å². The zero-order valence-corrected chi connectivity index (χ0v) is 13.4. The molecule has 1 aromatic rings. The van der Waals surface area contributed by atoms with E-state index in [0.717, 1.165) is 31.6 Å². The standard InChI is InChI=1S/C19H28O2/c1-3-9-18-12-15-19(21-18,13-4-2)14-8-16-20-17-10-6-5-7-11-17/h4-7,10-11,13,18H,3,8-9,12,14-16H2,1-2H3/b13-4+/t18-,19+/m1/s1. The minimum Gasteiger partial charge on any atom is -0.494 e. The molecule has 1 heterocycles. The molecule has 116 valence electrons. The lowest BCUT2D eigenvalue weighted by Crippen LogP contribution is -2.27. The van der Waals surface area contributed by atoms with Crippen LogP contribution < -0.4 is 4.74 Å². The van der Waals surface area contributed by atoms with Crippen LogP contribution in [0, 0.1) is 0 Å². The van der Waals surface area contributed by atoms with Gasteiger partial charge in [0.15, 0.2) is 0 Å². The highest BCUT2D eigenvalue weighted by atomic mass is 16.5. The molecule has 1 aliphatic heterocycles. The number of allylic oxidation sites excluding steroid dienone is 1. The van der Waals surface area contributed by atoms with E-state index in [0.29, 0.717) is 6.10 Å². The Labute approximate surface area is 129 Å². The first-order valence-electron chi connectivity index (χ1n) is 8.27. The third kappa shape index (κ3) is 4.89. The van der Waals surface area contributed by atoms with E-state index in [1.54, 1.807) is 0 Å². The summed E-state index contributed by atoms with van der Waals surface area (Å²) in [5, 5.41) is 0. The molecule has 2 atom stereocenters. The first-order chi connectivity index (χ1) is 10.3. The van der Waals surface area contributed by atoms with Gasteiger partial charge in [0.25, 0.3) is 0 Å². The van der Waals surface area contributed by atoms with Crippen LogP contribution in [0.15, 0.2) is 42.5 Å². The highest BCUT2D eigenvalue weighted by Gasteiger charge is 2.36. The van der Waals surface area contributed by atoms with Gasteiger partial charge >= 0.3 is 0 Å². The van der Waals surface area contributed by atoms with Crippen molar-refractivity contribution in [2.45, 2.75) is 64.1 Å². The topological polar surface area (TPSA) is 18.5 Å². The van der Waals surface area contributed by atoms with E-state index in [4.69, 9.17) is 9.47 Å². The third-order valence-electron chi connectivity index (χ3n) is 4.13. The summed E-state index contributed by atoms with van der Waals surface area (Å²) in [7, 11) is 0. The maximum Gasteiger partial charge on any atom is 0.119 e.